The third kappa shape index (κ3) is 6.35. The van der Waals surface area contributed by atoms with Crippen molar-refractivity contribution < 1.29 is 18.0 Å². The van der Waals surface area contributed by atoms with Gasteiger partial charge in [0.05, 0.1) is 22.8 Å². The monoisotopic (exact) mass is 428 g/mol. The number of aryl methyl sites for hydroxylation is 4. The van der Waals surface area contributed by atoms with Crippen LogP contribution in [0.4, 0.5) is 11.4 Å². The van der Waals surface area contributed by atoms with Gasteiger partial charge in [-0.3, -0.25) is 9.98 Å². The maximum absolute atomic E-state index is 4.80. The summed E-state index contributed by atoms with van der Waals surface area (Å²) in [6.07, 6.45) is 0. The van der Waals surface area contributed by atoms with Crippen molar-refractivity contribution in [1.29, 1.82) is 0 Å². The van der Waals surface area contributed by atoms with Gasteiger partial charge in [-0.05, 0) is 63.8 Å². The molecule has 0 aliphatic carbocycles. The Kier molecular flexibility index (Phi) is 8.97. The van der Waals surface area contributed by atoms with Crippen molar-refractivity contribution >= 4 is 22.8 Å². The Morgan fingerprint density at radius 3 is 1.12 bits per heavy atom. The van der Waals surface area contributed by atoms with Crippen LogP contribution in [-0.2, 0) is 18.0 Å². The Morgan fingerprint density at radius 1 is 0.640 bits per heavy atom. The summed E-state index contributed by atoms with van der Waals surface area (Å²) in [7, 11) is 0. The molecule has 0 amide bonds. The van der Waals surface area contributed by atoms with Gasteiger partial charge in [0.25, 0.3) is 0 Å². The number of hydrogen-bond donors (Lipinski definition) is 0. The normalized spacial score (nSPS) is 12.0. The number of hydrogen-bond acceptors (Lipinski definition) is 2. The second-order valence-electron chi connectivity index (χ2n) is 6.19. The fourth-order valence-corrected chi connectivity index (χ4v) is 2.46. The van der Waals surface area contributed by atoms with Crippen molar-refractivity contribution in [3.63, 3.8) is 0 Å². The first-order valence-electron chi connectivity index (χ1n) is 8.26. The summed E-state index contributed by atoms with van der Waals surface area (Å²) in [6, 6.07) is 12.5. The molecule has 0 heterocycles. The number of para-hydroxylation sites is 2. The van der Waals surface area contributed by atoms with Gasteiger partial charge in [-0.1, -0.05) is 36.4 Å². The van der Waals surface area contributed by atoms with Gasteiger partial charge in [0, 0.05) is 0 Å². The molecule has 0 radical (unpaired) electrons. The first kappa shape index (κ1) is 21.5. The molecule has 0 atom stereocenters. The van der Waals surface area contributed by atoms with E-state index in [1.54, 1.807) is 0 Å². The van der Waals surface area contributed by atoms with Gasteiger partial charge in [-0.25, -0.2) is 0 Å². The van der Waals surface area contributed by atoms with Gasteiger partial charge in [0.15, 0.2) is 0 Å². The van der Waals surface area contributed by atoms with Crippen LogP contribution in [0.15, 0.2) is 46.4 Å². The minimum atomic E-state index is 0.950. The van der Waals surface area contributed by atoms with Crippen molar-refractivity contribution in [3.05, 3.63) is 58.7 Å². The first-order chi connectivity index (χ1) is 11.8. The summed E-state index contributed by atoms with van der Waals surface area (Å²) in [5, 5.41) is 4.35. The van der Waals surface area contributed by atoms with Crippen LogP contribution in [0.5, 0.6) is 0 Å². The van der Waals surface area contributed by atoms with Crippen LogP contribution in [-0.4, -0.2) is 11.4 Å². The zero-order valence-corrected chi connectivity index (χ0v) is 18.2. The van der Waals surface area contributed by atoms with Gasteiger partial charge in [-0.2, -0.15) is 0 Å². The molecule has 3 heteroatoms. The fourth-order valence-electron chi connectivity index (χ4n) is 2.46. The van der Waals surface area contributed by atoms with Crippen LogP contribution in [0.2, 0.25) is 10.8 Å². The Bertz CT molecular complexity index is 668. The molecule has 2 nitrogen and oxygen atoms in total. The molecule has 25 heavy (non-hydrogen) atoms. The average molecular weight is 429 g/mol. The predicted octanol–water partition coefficient (Wildman–Crippen LogP) is 6.97. The molecule has 138 valence electrons. The average Bonchev–Trinajstić information content (AvgIpc) is 2.55. The molecule has 0 aliphatic rings. The molecule has 0 unspecified atom stereocenters. The van der Waals surface area contributed by atoms with Gasteiger partial charge in [0.1, 0.15) is 0 Å². The first-order valence-corrected chi connectivity index (χ1v) is 11.4. The molecule has 0 saturated heterocycles. The molecule has 0 saturated carbocycles. The van der Waals surface area contributed by atoms with E-state index in [1.807, 2.05) is 13.8 Å². The number of rotatable bonds is 3. The number of aliphatic imine (C=N–C) groups is 2. The number of benzene rings is 2. The van der Waals surface area contributed by atoms with E-state index in [4.69, 9.17) is 9.98 Å². The van der Waals surface area contributed by atoms with Crippen LogP contribution in [0, 0.1) is 27.7 Å². The minimum absolute atomic E-state index is 0.950. The van der Waals surface area contributed by atoms with Crippen LogP contribution in [0.3, 0.4) is 0 Å². The summed E-state index contributed by atoms with van der Waals surface area (Å²) in [5.74, 6) is 0. The molecule has 2 aromatic carbocycles. The van der Waals surface area contributed by atoms with E-state index >= 15 is 0 Å². The molecule has 0 aliphatic heterocycles. The molecular formula is C22H30N2Pd. The second kappa shape index (κ2) is 10.4. The van der Waals surface area contributed by atoms with E-state index < -0.39 is 0 Å². The van der Waals surface area contributed by atoms with E-state index in [1.165, 1.54) is 22.3 Å². The van der Waals surface area contributed by atoms with E-state index in [0.29, 0.717) is 0 Å². The number of nitrogens with zero attached hydrogens (tertiary/aromatic N) is 2. The topological polar surface area (TPSA) is 24.7 Å². The standard InChI is InChI=1S/C20H24N2.2CH3.Pd/c1-13-9-7-10-14(2)19(13)21-17(5)18(6)22-20-15(3)11-8-12-16(20)4;;;/h7-12H,1-6H3;2*1H3;. The molecule has 2 rings (SSSR count). The van der Waals surface area contributed by atoms with E-state index in [2.05, 4.69) is 74.9 Å². The zero-order valence-electron chi connectivity index (χ0n) is 16.7. The molecule has 0 aromatic heterocycles. The molecule has 0 spiro atoms. The molecule has 2 aromatic rings. The van der Waals surface area contributed by atoms with Crippen LogP contribution < -0.4 is 0 Å². The fraction of sp³-hybridized carbons (Fsp3) is 0.364. The van der Waals surface area contributed by atoms with E-state index in [0.717, 1.165) is 40.8 Å². The Hall–Kier alpha value is -1.56. The van der Waals surface area contributed by atoms with E-state index in [9.17, 15) is 0 Å². The second-order valence-corrected chi connectivity index (χ2v) is 7.75. The van der Waals surface area contributed by atoms with Gasteiger partial charge in [-0.15, -0.1) is 0 Å². The van der Waals surface area contributed by atoms with Crippen molar-refractivity contribution in [2.75, 3.05) is 0 Å². The van der Waals surface area contributed by atoms with Gasteiger partial charge < -0.3 is 0 Å². The van der Waals surface area contributed by atoms with Crippen LogP contribution in [0.1, 0.15) is 36.1 Å². The van der Waals surface area contributed by atoms with Gasteiger partial charge in [0.2, 0.25) is 0 Å². The third-order valence-electron chi connectivity index (χ3n) is 3.96. The summed E-state index contributed by atoms with van der Waals surface area (Å²) in [5.41, 5.74) is 8.80. The summed E-state index contributed by atoms with van der Waals surface area (Å²) < 4.78 is 0. The van der Waals surface area contributed by atoms with Crippen molar-refractivity contribution in [2.24, 2.45) is 9.98 Å². The SMILES string of the molecule is CC(=Nc1c(C)cccc1C)C(C)=Nc1c(C)cccc1C.[CH3][Pd][CH3]. The van der Waals surface area contributed by atoms with Crippen molar-refractivity contribution in [2.45, 2.75) is 52.3 Å². The van der Waals surface area contributed by atoms with E-state index in [-0.39, 0.29) is 0 Å². The Labute approximate surface area is 161 Å². The van der Waals surface area contributed by atoms with Crippen molar-refractivity contribution in [1.82, 2.24) is 0 Å². The quantitative estimate of drug-likeness (QED) is 0.372. The molecular weight excluding hydrogens is 399 g/mol. The van der Waals surface area contributed by atoms with Crippen molar-refractivity contribution in [3.8, 4) is 0 Å². The Balaban J connectivity index is 0.000000970. The summed E-state index contributed by atoms with van der Waals surface area (Å²) in [4.78, 5) is 9.60. The molecule has 0 N–H and O–H groups in total. The van der Waals surface area contributed by atoms with Gasteiger partial charge >= 0.3 is 28.8 Å². The predicted molar refractivity (Wildman–Crippen MR) is 109 cm³/mol. The molecule has 0 bridgehead atoms. The zero-order chi connectivity index (χ0) is 19.0. The Morgan fingerprint density at radius 2 is 0.880 bits per heavy atom. The third-order valence-corrected chi connectivity index (χ3v) is 3.96. The van der Waals surface area contributed by atoms with Crippen LogP contribution in [0.25, 0.3) is 0 Å². The summed E-state index contributed by atoms with van der Waals surface area (Å²) in [6.45, 7) is 12.4. The maximum atomic E-state index is 4.80. The van der Waals surface area contributed by atoms with Crippen LogP contribution >= 0.6 is 0 Å². The molecule has 0 fully saturated rings. The summed E-state index contributed by atoms with van der Waals surface area (Å²) >= 11 is 0.950.